The first kappa shape index (κ1) is 28.4. The molecule has 9 nitrogen and oxygen atoms in total. The molecule has 0 bridgehead atoms. The van der Waals surface area contributed by atoms with E-state index in [1.54, 1.807) is 39.1 Å². The maximum Gasteiger partial charge on any atom is 0.339 e. The van der Waals surface area contributed by atoms with Crippen LogP contribution < -0.4 is 10.6 Å². The molecule has 2 N–H and O–H groups in total. The Labute approximate surface area is 224 Å². The molecule has 11 heteroatoms. The van der Waals surface area contributed by atoms with Crippen molar-refractivity contribution in [1.82, 2.24) is 15.6 Å². The minimum absolute atomic E-state index is 0.183. The Bertz CT molecular complexity index is 1190. The fourth-order valence-electron chi connectivity index (χ4n) is 3.87. The van der Waals surface area contributed by atoms with Crippen molar-refractivity contribution in [3.05, 3.63) is 74.5 Å². The number of nitrogens with one attached hydrogen (secondary N) is 2. The van der Waals surface area contributed by atoms with E-state index < -0.39 is 24.1 Å². The molecule has 37 heavy (non-hydrogen) atoms. The summed E-state index contributed by atoms with van der Waals surface area (Å²) >= 11 is 2.94. The summed E-state index contributed by atoms with van der Waals surface area (Å²) in [5.41, 5.74) is 3.16. The summed E-state index contributed by atoms with van der Waals surface area (Å²) < 4.78 is 16.0. The van der Waals surface area contributed by atoms with Crippen molar-refractivity contribution in [1.29, 1.82) is 0 Å². The number of dihydropyridines is 1. The van der Waals surface area contributed by atoms with E-state index in [0.29, 0.717) is 39.7 Å². The summed E-state index contributed by atoms with van der Waals surface area (Å²) in [5.74, 6) is -1.33. The highest BCUT2D eigenvalue weighted by molar-refractivity contribution is 7.99. The highest BCUT2D eigenvalue weighted by Gasteiger charge is 2.40. The number of hydrogen-bond acceptors (Lipinski definition) is 10. The van der Waals surface area contributed by atoms with Crippen molar-refractivity contribution < 1.29 is 28.6 Å². The molecule has 0 saturated heterocycles. The number of carbonyl (C=O) groups is 3. The number of esters is 2. The molecule has 1 aliphatic rings. The quantitative estimate of drug-likeness (QED) is 0.246. The lowest BCUT2D eigenvalue weighted by Crippen LogP contribution is -2.35. The molecule has 3 heterocycles. The minimum atomic E-state index is -0.757. The third-order valence-electron chi connectivity index (χ3n) is 5.68. The molecule has 0 spiro atoms. The lowest BCUT2D eigenvalue weighted by Gasteiger charge is -2.32. The standard InChI is InChI=1S/C26H31N3O6S2/c1-6-34-25(31)23-20(13-36-14-28-24(30)18-8-7-10-27-12-18)29-15(2)21(26(32)35-17(4)33-5)22(23)19-9-11-37-16(19)3/h7-12,17,22,29H,6,13-14H2,1-5H3,(H,28,30). The topological polar surface area (TPSA) is 116 Å². The van der Waals surface area contributed by atoms with Crippen LogP contribution in [0.15, 0.2) is 58.5 Å². The Morgan fingerprint density at radius 1 is 1.22 bits per heavy atom. The number of aryl methyl sites for hydroxylation is 1. The number of amides is 1. The normalized spacial score (nSPS) is 16.2. The third-order valence-corrected chi connectivity index (χ3v) is 7.38. The third kappa shape index (κ3) is 7.00. The summed E-state index contributed by atoms with van der Waals surface area (Å²) in [6.45, 7) is 7.27. The molecule has 0 aromatic carbocycles. The van der Waals surface area contributed by atoms with Gasteiger partial charge in [-0.2, -0.15) is 0 Å². The first-order valence-corrected chi connectivity index (χ1v) is 13.7. The van der Waals surface area contributed by atoms with Crippen LogP contribution in [0.4, 0.5) is 0 Å². The smallest absolute Gasteiger partial charge is 0.339 e. The van der Waals surface area contributed by atoms with E-state index in [1.165, 1.54) is 36.4 Å². The SMILES string of the molecule is CCOC(=O)C1=C(CSCNC(=O)c2cccnc2)NC(C)=C(C(=O)OC(C)OC)C1c1ccsc1C. The molecule has 0 saturated carbocycles. The van der Waals surface area contributed by atoms with Crippen molar-refractivity contribution in [2.24, 2.45) is 0 Å². The number of allylic oxidation sites excluding steroid dienone is 1. The number of thioether (sulfide) groups is 1. The number of methoxy groups -OCH3 is 1. The van der Waals surface area contributed by atoms with Gasteiger partial charge in [0.15, 0.2) is 6.29 Å². The van der Waals surface area contributed by atoms with Gasteiger partial charge in [-0.3, -0.25) is 9.78 Å². The molecule has 3 rings (SSSR count). The van der Waals surface area contributed by atoms with Crippen molar-refractivity contribution in [2.45, 2.75) is 39.9 Å². The summed E-state index contributed by atoms with van der Waals surface area (Å²) in [6, 6.07) is 5.29. The number of ether oxygens (including phenoxy) is 3. The molecule has 2 aromatic rings. The van der Waals surface area contributed by atoms with Gasteiger partial charge in [0.05, 0.1) is 35.1 Å². The zero-order chi connectivity index (χ0) is 26.9. The van der Waals surface area contributed by atoms with Crippen LogP contribution in [0.1, 0.15) is 47.5 Å². The van der Waals surface area contributed by atoms with Gasteiger partial charge in [-0.05, 0) is 56.8 Å². The summed E-state index contributed by atoms with van der Waals surface area (Å²) in [4.78, 5) is 43.9. The highest BCUT2D eigenvalue weighted by Crippen LogP contribution is 2.42. The minimum Gasteiger partial charge on any atom is -0.463 e. The number of hydrogen-bond donors (Lipinski definition) is 2. The van der Waals surface area contributed by atoms with Gasteiger partial charge < -0.3 is 24.8 Å². The van der Waals surface area contributed by atoms with Crippen molar-refractivity contribution in [3.8, 4) is 0 Å². The van der Waals surface area contributed by atoms with Crippen LogP contribution in [0.2, 0.25) is 0 Å². The molecule has 0 fully saturated rings. The number of thiophene rings is 1. The zero-order valence-electron chi connectivity index (χ0n) is 21.5. The Morgan fingerprint density at radius 3 is 2.62 bits per heavy atom. The van der Waals surface area contributed by atoms with E-state index in [1.807, 2.05) is 18.4 Å². The summed E-state index contributed by atoms with van der Waals surface area (Å²) in [5, 5.41) is 8.00. The van der Waals surface area contributed by atoms with Gasteiger partial charge in [0.2, 0.25) is 0 Å². The Kier molecular flexibility index (Phi) is 10.3. The number of rotatable bonds is 11. The molecule has 2 unspecified atom stereocenters. The average Bonchev–Trinajstić information content (AvgIpc) is 3.31. The van der Waals surface area contributed by atoms with E-state index in [9.17, 15) is 14.4 Å². The van der Waals surface area contributed by atoms with Crippen molar-refractivity contribution >= 4 is 40.9 Å². The summed E-state index contributed by atoms with van der Waals surface area (Å²) in [7, 11) is 1.45. The Morgan fingerprint density at radius 2 is 2.00 bits per heavy atom. The van der Waals surface area contributed by atoms with Gasteiger partial charge in [-0.1, -0.05) is 0 Å². The second kappa shape index (κ2) is 13.4. The molecular weight excluding hydrogens is 514 g/mol. The van der Waals surface area contributed by atoms with Crippen LogP contribution in [-0.4, -0.2) is 54.5 Å². The monoisotopic (exact) mass is 545 g/mol. The molecular formula is C26H31N3O6S2. The first-order valence-electron chi connectivity index (χ1n) is 11.7. The molecule has 2 atom stereocenters. The van der Waals surface area contributed by atoms with Crippen LogP contribution in [-0.2, 0) is 23.8 Å². The zero-order valence-corrected chi connectivity index (χ0v) is 23.1. The van der Waals surface area contributed by atoms with Crippen LogP contribution in [0, 0.1) is 6.92 Å². The average molecular weight is 546 g/mol. The van der Waals surface area contributed by atoms with Crippen LogP contribution in [0.5, 0.6) is 0 Å². The number of aromatic nitrogens is 1. The van der Waals surface area contributed by atoms with Gasteiger partial charge >= 0.3 is 11.9 Å². The maximum absolute atomic E-state index is 13.3. The molecule has 1 aliphatic heterocycles. The second-order valence-electron chi connectivity index (χ2n) is 8.09. The Hall–Kier alpha value is -3.15. The van der Waals surface area contributed by atoms with Crippen molar-refractivity contribution in [2.75, 3.05) is 25.3 Å². The second-order valence-corrected chi connectivity index (χ2v) is 10.2. The fourth-order valence-corrected chi connectivity index (χ4v) is 5.37. The summed E-state index contributed by atoms with van der Waals surface area (Å²) in [6.07, 6.45) is 2.34. The molecule has 0 aliphatic carbocycles. The number of nitrogens with zero attached hydrogens (tertiary/aromatic N) is 1. The molecule has 198 valence electrons. The van der Waals surface area contributed by atoms with E-state index in [-0.39, 0.29) is 12.5 Å². The van der Waals surface area contributed by atoms with E-state index >= 15 is 0 Å². The van der Waals surface area contributed by atoms with Crippen LogP contribution >= 0.6 is 23.1 Å². The van der Waals surface area contributed by atoms with Gasteiger partial charge in [0, 0.05) is 41.5 Å². The van der Waals surface area contributed by atoms with Gasteiger partial charge in [-0.15, -0.1) is 23.1 Å². The van der Waals surface area contributed by atoms with Gasteiger partial charge in [-0.25, -0.2) is 9.59 Å². The van der Waals surface area contributed by atoms with Crippen LogP contribution in [0.3, 0.4) is 0 Å². The first-order chi connectivity index (χ1) is 17.8. The largest absolute Gasteiger partial charge is 0.463 e. The highest BCUT2D eigenvalue weighted by atomic mass is 32.2. The van der Waals surface area contributed by atoms with E-state index in [4.69, 9.17) is 14.2 Å². The maximum atomic E-state index is 13.3. The van der Waals surface area contributed by atoms with E-state index in [2.05, 4.69) is 15.6 Å². The molecule has 0 radical (unpaired) electrons. The lowest BCUT2D eigenvalue weighted by molar-refractivity contribution is -0.165. The Balaban J connectivity index is 1.91. The van der Waals surface area contributed by atoms with E-state index in [0.717, 1.165) is 10.4 Å². The number of pyridine rings is 1. The van der Waals surface area contributed by atoms with Crippen LogP contribution in [0.25, 0.3) is 0 Å². The predicted octanol–water partition coefficient (Wildman–Crippen LogP) is 3.89. The predicted molar refractivity (Wildman–Crippen MR) is 143 cm³/mol. The van der Waals surface area contributed by atoms with Gasteiger partial charge in [0.25, 0.3) is 5.91 Å². The van der Waals surface area contributed by atoms with Crippen molar-refractivity contribution in [3.63, 3.8) is 0 Å². The molecule has 2 aromatic heterocycles. The lowest BCUT2D eigenvalue weighted by atomic mass is 9.80. The fraction of sp³-hybridized carbons (Fsp3) is 0.385. The molecule has 1 amide bonds. The van der Waals surface area contributed by atoms with Gasteiger partial charge in [0.1, 0.15) is 0 Å². The number of carbonyl (C=O) groups excluding carboxylic acids is 3.